The second-order valence-electron chi connectivity index (χ2n) is 6.21. The van der Waals surface area contributed by atoms with Gasteiger partial charge in [-0.15, -0.1) is 0 Å². The van der Waals surface area contributed by atoms with E-state index in [1.165, 1.54) is 11.1 Å². The van der Waals surface area contributed by atoms with E-state index in [4.69, 9.17) is 16.6 Å². The van der Waals surface area contributed by atoms with E-state index >= 15 is 0 Å². The summed E-state index contributed by atoms with van der Waals surface area (Å²) in [5, 5.41) is 7.44. The summed E-state index contributed by atoms with van der Waals surface area (Å²) in [6, 6.07) is 12.1. The van der Waals surface area contributed by atoms with Crippen molar-refractivity contribution in [2.24, 2.45) is 4.99 Å². The van der Waals surface area contributed by atoms with E-state index < -0.39 is 0 Å². The molecule has 5 nitrogen and oxygen atoms in total. The summed E-state index contributed by atoms with van der Waals surface area (Å²) in [6.45, 7) is 3.66. The molecule has 0 saturated carbocycles. The third kappa shape index (κ3) is 4.76. The molecule has 0 radical (unpaired) electrons. The molecular weight excluding hydrogens is 346 g/mol. The van der Waals surface area contributed by atoms with Crippen molar-refractivity contribution in [2.45, 2.75) is 19.8 Å². The van der Waals surface area contributed by atoms with Crippen LogP contribution in [0.3, 0.4) is 0 Å². The number of benzene rings is 1. The van der Waals surface area contributed by atoms with Crippen LogP contribution in [-0.2, 0) is 12.8 Å². The van der Waals surface area contributed by atoms with Crippen molar-refractivity contribution in [3.05, 3.63) is 70.6 Å². The Morgan fingerprint density at radius 1 is 1.15 bits per heavy atom. The van der Waals surface area contributed by atoms with E-state index in [-0.39, 0.29) is 0 Å². The largest absolute Gasteiger partial charge is 0.356 e. The quantitative estimate of drug-likeness (QED) is 0.518. The highest BCUT2D eigenvalue weighted by atomic mass is 35.5. The van der Waals surface area contributed by atoms with Crippen LogP contribution in [-0.4, -0.2) is 35.5 Å². The van der Waals surface area contributed by atoms with E-state index in [0.717, 1.165) is 48.3 Å². The Labute approximate surface area is 159 Å². The molecule has 3 aromatic rings. The zero-order chi connectivity index (χ0) is 18.4. The van der Waals surface area contributed by atoms with Gasteiger partial charge in [-0.2, -0.15) is 0 Å². The number of rotatable bonds is 6. The molecule has 0 fully saturated rings. The molecule has 0 bridgehead atoms. The molecule has 0 saturated heterocycles. The highest BCUT2D eigenvalue weighted by Crippen LogP contribution is 2.11. The number of pyridine rings is 1. The van der Waals surface area contributed by atoms with Gasteiger partial charge in [0.25, 0.3) is 0 Å². The van der Waals surface area contributed by atoms with Crippen LogP contribution in [0, 0.1) is 6.92 Å². The highest BCUT2D eigenvalue weighted by molar-refractivity contribution is 6.30. The van der Waals surface area contributed by atoms with Gasteiger partial charge in [-0.05, 0) is 42.7 Å². The molecule has 0 aliphatic carbocycles. The van der Waals surface area contributed by atoms with Crippen molar-refractivity contribution in [1.29, 1.82) is 0 Å². The van der Waals surface area contributed by atoms with E-state index in [9.17, 15) is 0 Å². The molecule has 6 heteroatoms. The van der Waals surface area contributed by atoms with Crippen molar-refractivity contribution in [3.63, 3.8) is 0 Å². The summed E-state index contributed by atoms with van der Waals surface area (Å²) in [5.74, 6) is 0.798. The Morgan fingerprint density at radius 2 is 1.96 bits per heavy atom. The molecule has 2 heterocycles. The average Bonchev–Trinajstić information content (AvgIpc) is 3.05. The van der Waals surface area contributed by atoms with Crippen LogP contribution in [0.5, 0.6) is 0 Å². The maximum absolute atomic E-state index is 6.02. The molecular formula is C20H24ClN5. The van der Waals surface area contributed by atoms with E-state index in [0.29, 0.717) is 0 Å². The Bertz CT molecular complexity index is 900. The Kier molecular flexibility index (Phi) is 6.12. The summed E-state index contributed by atoms with van der Waals surface area (Å²) in [5.41, 5.74) is 4.48. The van der Waals surface area contributed by atoms with Crippen molar-refractivity contribution in [3.8, 4) is 0 Å². The smallest absolute Gasteiger partial charge is 0.190 e. The summed E-state index contributed by atoms with van der Waals surface area (Å²) >= 11 is 6.02. The standard InChI is InChI=1S/C20H24ClN5/c1-15-5-4-12-26-14-18(25-19(15)26)9-11-24-20(22-2)23-10-8-16-6-3-7-17(21)13-16/h3-7,12-14H,8-11H2,1-2H3,(H2,22,23,24). The van der Waals surface area contributed by atoms with Crippen LogP contribution in [0.15, 0.2) is 53.8 Å². The Hall–Kier alpha value is -2.53. The van der Waals surface area contributed by atoms with Crippen LogP contribution in [0.2, 0.25) is 5.02 Å². The first-order chi connectivity index (χ1) is 12.7. The lowest BCUT2D eigenvalue weighted by Crippen LogP contribution is -2.39. The maximum atomic E-state index is 6.02. The van der Waals surface area contributed by atoms with E-state index in [2.05, 4.69) is 45.3 Å². The van der Waals surface area contributed by atoms with E-state index in [1.54, 1.807) is 7.05 Å². The number of imidazole rings is 1. The summed E-state index contributed by atoms with van der Waals surface area (Å²) < 4.78 is 2.07. The van der Waals surface area contributed by atoms with Crippen molar-refractivity contribution in [2.75, 3.05) is 20.1 Å². The number of aromatic nitrogens is 2. The fourth-order valence-corrected chi connectivity index (χ4v) is 3.09. The fraction of sp³-hybridized carbons (Fsp3) is 0.300. The molecule has 136 valence electrons. The summed E-state index contributed by atoms with van der Waals surface area (Å²) in [6.07, 6.45) is 5.85. The Balaban J connectivity index is 1.45. The first-order valence-electron chi connectivity index (χ1n) is 8.78. The van der Waals surface area contributed by atoms with Gasteiger partial charge in [0.05, 0.1) is 5.69 Å². The lowest BCUT2D eigenvalue weighted by Gasteiger charge is -2.11. The fourth-order valence-electron chi connectivity index (χ4n) is 2.87. The first kappa shape index (κ1) is 18.3. The molecule has 0 amide bonds. The van der Waals surface area contributed by atoms with Crippen LogP contribution >= 0.6 is 11.6 Å². The minimum Gasteiger partial charge on any atom is -0.356 e. The molecule has 0 spiro atoms. The van der Waals surface area contributed by atoms with Gasteiger partial charge < -0.3 is 15.0 Å². The minimum atomic E-state index is 0.771. The number of aryl methyl sites for hydroxylation is 1. The number of fused-ring (bicyclic) bond motifs is 1. The van der Waals surface area contributed by atoms with Crippen LogP contribution in [0.25, 0.3) is 5.65 Å². The number of aliphatic imine (C=N–C) groups is 1. The predicted octanol–water partition coefficient (Wildman–Crippen LogP) is 3.25. The second kappa shape index (κ2) is 8.72. The normalized spacial score (nSPS) is 11.7. The molecule has 1 aromatic carbocycles. The van der Waals surface area contributed by atoms with Crippen LogP contribution in [0.1, 0.15) is 16.8 Å². The highest BCUT2D eigenvalue weighted by Gasteiger charge is 2.04. The van der Waals surface area contributed by atoms with Gasteiger partial charge in [0.15, 0.2) is 5.96 Å². The van der Waals surface area contributed by atoms with E-state index in [1.807, 2.05) is 30.5 Å². The van der Waals surface area contributed by atoms with Gasteiger partial charge in [0.2, 0.25) is 0 Å². The molecule has 0 unspecified atom stereocenters. The monoisotopic (exact) mass is 369 g/mol. The predicted molar refractivity (Wildman–Crippen MR) is 108 cm³/mol. The molecule has 26 heavy (non-hydrogen) atoms. The van der Waals surface area contributed by atoms with Gasteiger partial charge in [-0.3, -0.25) is 4.99 Å². The second-order valence-corrected chi connectivity index (χ2v) is 6.65. The molecule has 2 aromatic heterocycles. The third-order valence-electron chi connectivity index (χ3n) is 4.22. The molecule has 3 rings (SSSR count). The van der Waals surface area contributed by atoms with Gasteiger partial charge in [-0.25, -0.2) is 4.98 Å². The topological polar surface area (TPSA) is 53.7 Å². The van der Waals surface area contributed by atoms with Gasteiger partial charge >= 0.3 is 0 Å². The number of guanidine groups is 1. The average molecular weight is 370 g/mol. The third-order valence-corrected chi connectivity index (χ3v) is 4.46. The maximum Gasteiger partial charge on any atom is 0.190 e. The first-order valence-corrected chi connectivity index (χ1v) is 9.15. The molecule has 0 aliphatic rings. The van der Waals surface area contributed by atoms with Crippen molar-refractivity contribution >= 4 is 23.2 Å². The zero-order valence-corrected chi connectivity index (χ0v) is 15.9. The van der Waals surface area contributed by atoms with Gasteiger partial charge in [0.1, 0.15) is 5.65 Å². The lowest BCUT2D eigenvalue weighted by molar-refractivity contribution is 0.778. The lowest BCUT2D eigenvalue weighted by atomic mass is 10.1. The Morgan fingerprint density at radius 3 is 2.69 bits per heavy atom. The molecule has 0 aliphatic heterocycles. The zero-order valence-electron chi connectivity index (χ0n) is 15.2. The SMILES string of the molecule is CN=C(NCCc1cccc(Cl)c1)NCCc1cn2cccc(C)c2n1. The number of nitrogens with one attached hydrogen (secondary N) is 2. The number of hydrogen-bond donors (Lipinski definition) is 2. The van der Waals surface area contributed by atoms with Crippen LogP contribution in [0.4, 0.5) is 0 Å². The molecule has 2 N–H and O–H groups in total. The summed E-state index contributed by atoms with van der Waals surface area (Å²) in [4.78, 5) is 8.96. The van der Waals surface area contributed by atoms with Gasteiger partial charge in [0, 0.05) is 44.0 Å². The van der Waals surface area contributed by atoms with Gasteiger partial charge in [-0.1, -0.05) is 29.8 Å². The molecule has 0 atom stereocenters. The summed E-state index contributed by atoms with van der Waals surface area (Å²) in [7, 11) is 1.78. The van der Waals surface area contributed by atoms with Crippen molar-refractivity contribution < 1.29 is 0 Å². The number of nitrogens with zero attached hydrogens (tertiary/aromatic N) is 3. The number of hydrogen-bond acceptors (Lipinski definition) is 2. The van der Waals surface area contributed by atoms with Crippen LogP contribution < -0.4 is 10.6 Å². The number of halogens is 1. The van der Waals surface area contributed by atoms with Crippen molar-refractivity contribution in [1.82, 2.24) is 20.0 Å². The minimum absolute atomic E-state index is 0.771.